The second-order valence-corrected chi connectivity index (χ2v) is 19.8. The number of rotatable bonds is 29. The summed E-state index contributed by atoms with van der Waals surface area (Å²) in [5.41, 5.74) is 3.21. The Morgan fingerprint density at radius 2 is 1.56 bits per heavy atom. The molecule has 2 aliphatic heterocycles. The predicted octanol–water partition coefficient (Wildman–Crippen LogP) is 1.85. The Morgan fingerprint density at radius 3 is 2.27 bits per heavy atom. The van der Waals surface area contributed by atoms with Crippen LogP contribution in [0.2, 0.25) is 0 Å². The summed E-state index contributed by atoms with van der Waals surface area (Å²) in [6, 6.07) is 21.0. The van der Waals surface area contributed by atoms with Crippen molar-refractivity contribution in [3.63, 3.8) is 0 Å². The smallest absolute Gasteiger partial charge is 0.262 e. The molecule has 7 amide bonds. The Bertz CT molecular complexity index is 2930. The van der Waals surface area contributed by atoms with E-state index in [1.165, 1.54) is 48.0 Å². The summed E-state index contributed by atoms with van der Waals surface area (Å²) in [5, 5.41) is 26.2. The number of carbonyl (C=O) groups is 7. The summed E-state index contributed by atoms with van der Waals surface area (Å²) in [5.74, 6) is -4.60. The molecule has 3 aromatic carbocycles. The molecule has 1 fully saturated rings. The van der Waals surface area contributed by atoms with Crippen LogP contribution < -0.4 is 31.3 Å². The maximum atomic E-state index is 13.5. The van der Waals surface area contributed by atoms with Gasteiger partial charge in [0.15, 0.2) is 11.7 Å². The van der Waals surface area contributed by atoms with Crippen LogP contribution in [0, 0.1) is 5.92 Å². The normalized spacial score (nSPS) is 15.3. The number of imide groups is 2. The molecule has 23 nitrogen and oxygen atoms in total. The van der Waals surface area contributed by atoms with E-state index in [1.807, 2.05) is 35.7 Å². The van der Waals surface area contributed by atoms with Crippen LogP contribution >= 0.6 is 11.3 Å². The highest BCUT2D eigenvalue weighted by Gasteiger charge is 2.44. The zero-order chi connectivity index (χ0) is 53.3. The van der Waals surface area contributed by atoms with Crippen LogP contribution in [0.4, 0.5) is 5.13 Å². The van der Waals surface area contributed by atoms with Gasteiger partial charge in [-0.05, 0) is 41.8 Å². The standard InChI is InChI=1S/C50H56N8O15S2/c1-75(67,68)57-18-15-35(27-57)45(62)53-26-36(46(63)56-50-54-40(31-74-50)33-5-3-2-4-6-33)29-72-28-32-7-9-34(10-8-32)44(61)52-17-20-70-22-24-71-23-21-69-19-16-51-43(60)30-73-37-11-12-38-39(25-37)49(66)58(48(38)65)41-13-14-42(59)55-47(41)64/h2-12,15,18,25,27,31,36,41,44,52,61H,13-14,16-17,19-24,26,28-30H2,1H3,(H,51,60)(H,53,62)(H,54,56,63)(H,55,59,64). The van der Waals surface area contributed by atoms with Gasteiger partial charge in [-0.2, -0.15) is 0 Å². The topological polar surface area (TPSA) is 301 Å². The van der Waals surface area contributed by atoms with E-state index in [-0.39, 0.29) is 81.4 Å². The lowest BCUT2D eigenvalue weighted by atomic mass is 10.0. The zero-order valence-corrected chi connectivity index (χ0v) is 42.3. The summed E-state index contributed by atoms with van der Waals surface area (Å²) < 4.78 is 52.8. The number of thiazole rings is 1. The lowest BCUT2D eigenvalue weighted by molar-refractivity contribution is -0.136. The molecule has 75 heavy (non-hydrogen) atoms. The van der Waals surface area contributed by atoms with Crippen LogP contribution in [0.1, 0.15) is 61.3 Å². The van der Waals surface area contributed by atoms with Crippen molar-refractivity contribution in [2.24, 2.45) is 5.92 Å². The number of anilines is 1. The lowest BCUT2D eigenvalue weighted by Gasteiger charge is -2.27. The third-order valence-corrected chi connectivity index (χ3v) is 13.3. The molecule has 4 heterocycles. The summed E-state index contributed by atoms with van der Waals surface area (Å²) in [7, 11) is -3.59. The summed E-state index contributed by atoms with van der Waals surface area (Å²) >= 11 is 1.26. The third kappa shape index (κ3) is 15.9. The number of aliphatic hydroxyl groups excluding tert-OH is 1. The van der Waals surface area contributed by atoms with Gasteiger partial charge in [0.25, 0.3) is 23.6 Å². The van der Waals surface area contributed by atoms with Crippen LogP contribution in [0.25, 0.3) is 11.3 Å². The fourth-order valence-electron chi connectivity index (χ4n) is 7.59. The van der Waals surface area contributed by atoms with Crippen molar-refractivity contribution in [1.82, 2.24) is 35.1 Å². The SMILES string of the molecule is CS(=O)(=O)n1ccc(C(=O)NCC(COCc2ccc(C(O)NCCOCCOCCOCCNC(=O)COc3ccc4c(c3)C(=O)N(C3CCC(=O)NC3=O)C4=O)cc2)C(=O)Nc2nc(-c3ccccc3)cs2)c1. The molecule has 2 aliphatic rings. The Labute approximate surface area is 435 Å². The molecule has 5 aromatic rings. The first-order valence-electron chi connectivity index (χ1n) is 23.7. The monoisotopic (exact) mass is 1070 g/mol. The van der Waals surface area contributed by atoms with Crippen LogP contribution in [-0.2, 0) is 54.8 Å². The number of benzene rings is 3. The van der Waals surface area contributed by atoms with Gasteiger partial charge >= 0.3 is 0 Å². The molecule has 398 valence electrons. The van der Waals surface area contributed by atoms with Gasteiger partial charge in [-0.15, -0.1) is 11.3 Å². The van der Waals surface area contributed by atoms with Crippen LogP contribution in [0.15, 0.2) is 96.6 Å². The third-order valence-electron chi connectivity index (χ3n) is 11.6. The van der Waals surface area contributed by atoms with E-state index in [4.69, 9.17) is 23.7 Å². The average Bonchev–Trinajstić information content (AvgIpc) is 4.16. The van der Waals surface area contributed by atoms with E-state index in [0.29, 0.717) is 49.4 Å². The van der Waals surface area contributed by atoms with E-state index < -0.39 is 69.6 Å². The Morgan fingerprint density at radius 1 is 0.853 bits per heavy atom. The summed E-state index contributed by atoms with van der Waals surface area (Å²) in [6.45, 7) is 1.84. The highest BCUT2D eigenvalue weighted by molar-refractivity contribution is 7.89. The number of ether oxygens (including phenoxy) is 5. The number of nitrogens with one attached hydrogen (secondary N) is 5. The van der Waals surface area contributed by atoms with Crippen molar-refractivity contribution in [1.29, 1.82) is 0 Å². The lowest BCUT2D eigenvalue weighted by Crippen LogP contribution is -2.54. The van der Waals surface area contributed by atoms with Gasteiger partial charge in [-0.3, -0.25) is 53.1 Å². The Hall–Kier alpha value is -7.23. The van der Waals surface area contributed by atoms with Crippen molar-refractivity contribution in [3.05, 3.63) is 124 Å². The van der Waals surface area contributed by atoms with Crippen molar-refractivity contribution in [2.45, 2.75) is 31.7 Å². The highest BCUT2D eigenvalue weighted by atomic mass is 32.2. The van der Waals surface area contributed by atoms with Crippen LogP contribution in [-0.4, -0.2) is 154 Å². The minimum atomic E-state index is -3.59. The van der Waals surface area contributed by atoms with Gasteiger partial charge < -0.3 is 44.7 Å². The summed E-state index contributed by atoms with van der Waals surface area (Å²) in [4.78, 5) is 93.8. The molecule has 6 N–H and O–H groups in total. The molecule has 7 rings (SSSR count). The van der Waals surface area contributed by atoms with Crippen molar-refractivity contribution in [3.8, 4) is 17.0 Å². The van der Waals surface area contributed by atoms with Crippen molar-refractivity contribution in [2.75, 3.05) is 84.1 Å². The molecular weight excluding hydrogens is 1020 g/mol. The second-order valence-electron chi connectivity index (χ2n) is 17.0. The zero-order valence-electron chi connectivity index (χ0n) is 40.7. The number of nitrogens with zero attached hydrogens (tertiary/aromatic N) is 3. The van der Waals surface area contributed by atoms with E-state index >= 15 is 0 Å². The van der Waals surface area contributed by atoms with Gasteiger partial charge in [-0.25, -0.2) is 13.4 Å². The first-order valence-corrected chi connectivity index (χ1v) is 26.4. The van der Waals surface area contributed by atoms with Gasteiger partial charge in [-0.1, -0.05) is 54.6 Å². The average molecular weight is 1070 g/mol. The van der Waals surface area contributed by atoms with E-state index in [1.54, 1.807) is 24.3 Å². The summed E-state index contributed by atoms with van der Waals surface area (Å²) in [6.07, 6.45) is 2.55. The number of fused-ring (bicyclic) bond motifs is 1. The minimum absolute atomic E-state index is 0.00814. The number of hydrogen-bond acceptors (Lipinski definition) is 18. The molecule has 1 saturated heterocycles. The van der Waals surface area contributed by atoms with Crippen LogP contribution in [0.5, 0.6) is 5.75 Å². The minimum Gasteiger partial charge on any atom is -0.484 e. The van der Waals surface area contributed by atoms with E-state index in [9.17, 15) is 47.1 Å². The maximum Gasteiger partial charge on any atom is 0.262 e. The highest BCUT2D eigenvalue weighted by Crippen LogP contribution is 2.30. The molecule has 0 spiro atoms. The molecule has 3 atom stereocenters. The molecule has 0 bridgehead atoms. The quantitative estimate of drug-likeness (QED) is 0.0226. The number of carbonyl (C=O) groups excluding carboxylic acids is 7. The van der Waals surface area contributed by atoms with E-state index in [0.717, 1.165) is 26.3 Å². The Kier molecular flexibility index (Phi) is 19.9. The Balaban J connectivity index is 0.723. The van der Waals surface area contributed by atoms with Crippen molar-refractivity contribution < 1.29 is 70.8 Å². The molecular formula is C50H56N8O15S2. The molecule has 25 heteroatoms. The number of amides is 7. The molecule has 3 unspecified atom stereocenters. The second kappa shape index (κ2) is 26.8. The number of aromatic nitrogens is 2. The first-order chi connectivity index (χ1) is 36.1. The maximum absolute atomic E-state index is 13.5. The van der Waals surface area contributed by atoms with Gasteiger partial charge in [0.2, 0.25) is 27.7 Å². The molecule has 0 saturated carbocycles. The number of piperidine rings is 1. The number of hydrogen-bond donors (Lipinski definition) is 6. The van der Waals surface area contributed by atoms with Crippen LogP contribution in [0.3, 0.4) is 0 Å². The van der Waals surface area contributed by atoms with Gasteiger partial charge in [0.1, 0.15) is 18.0 Å². The molecule has 0 radical (unpaired) electrons. The molecule has 2 aromatic heterocycles. The van der Waals surface area contributed by atoms with E-state index in [2.05, 4.69) is 31.6 Å². The molecule has 0 aliphatic carbocycles. The largest absolute Gasteiger partial charge is 0.484 e. The fourth-order valence-corrected chi connectivity index (χ4v) is 8.90. The predicted molar refractivity (Wildman–Crippen MR) is 270 cm³/mol. The van der Waals surface area contributed by atoms with Gasteiger partial charge in [0, 0.05) is 49.4 Å². The van der Waals surface area contributed by atoms with Gasteiger partial charge in [0.05, 0.1) is 87.4 Å². The van der Waals surface area contributed by atoms with Crippen molar-refractivity contribution >= 4 is 67.8 Å². The first kappa shape index (κ1) is 55.5. The number of aliphatic hydroxyl groups is 1. The fraction of sp³-hybridized carbons (Fsp3) is 0.360.